The summed E-state index contributed by atoms with van der Waals surface area (Å²) in [5.41, 5.74) is 3.73. The third-order valence-corrected chi connectivity index (χ3v) is 8.08. The molecular weight excluding hydrogens is 607 g/mol. The summed E-state index contributed by atoms with van der Waals surface area (Å²) in [7, 11) is 0.500. The van der Waals surface area contributed by atoms with Gasteiger partial charge in [-0.3, -0.25) is 13.9 Å². The summed E-state index contributed by atoms with van der Waals surface area (Å²) in [5, 5.41) is 7.62. The molecule has 268 valence electrons. The lowest BCUT2D eigenvalue weighted by Gasteiger charge is -2.33. The number of anilines is 2. The van der Waals surface area contributed by atoms with Crippen molar-refractivity contribution in [3.63, 3.8) is 0 Å². The Balaban J connectivity index is 0.000000661. The van der Waals surface area contributed by atoms with Crippen LogP contribution >= 0.6 is 0 Å². The first-order valence-electron chi connectivity index (χ1n) is 17.1. The Morgan fingerprint density at radius 1 is 1.15 bits per heavy atom. The molecule has 1 amide bonds. The Morgan fingerprint density at radius 2 is 1.79 bits per heavy atom. The highest BCUT2D eigenvalue weighted by Crippen LogP contribution is 2.35. The molecule has 0 aliphatic carbocycles. The van der Waals surface area contributed by atoms with Gasteiger partial charge in [0, 0.05) is 69.2 Å². The van der Waals surface area contributed by atoms with Gasteiger partial charge in [0.25, 0.3) is 6.43 Å². The number of nitrogens with zero attached hydrogens (tertiary/aromatic N) is 6. The Morgan fingerprint density at radius 3 is 2.32 bits per heavy atom. The van der Waals surface area contributed by atoms with Gasteiger partial charge in [0.05, 0.1) is 32.2 Å². The molecule has 0 bridgehead atoms. The predicted octanol–water partition coefficient (Wildman–Crippen LogP) is 6.92. The number of hydrogen-bond acceptors (Lipinski definition) is 7. The minimum atomic E-state index is -2.60. The van der Waals surface area contributed by atoms with Crippen LogP contribution in [0.3, 0.4) is 0 Å². The number of fused-ring (bicyclic) bond motifs is 1. The quantitative estimate of drug-likeness (QED) is 0.247. The predicted molar refractivity (Wildman–Crippen MR) is 188 cm³/mol. The molecule has 2 aliphatic heterocycles. The highest BCUT2D eigenvalue weighted by Gasteiger charge is 2.28. The maximum absolute atomic E-state index is 14.2. The second-order valence-corrected chi connectivity index (χ2v) is 11.2. The first kappa shape index (κ1) is 41.9. The Bertz CT molecular complexity index is 1180. The van der Waals surface area contributed by atoms with Crippen molar-refractivity contribution in [3.8, 4) is 0 Å². The van der Waals surface area contributed by atoms with Crippen LogP contribution in [0.1, 0.15) is 96.4 Å². The van der Waals surface area contributed by atoms with Crippen molar-refractivity contribution in [2.45, 2.75) is 99.8 Å². The van der Waals surface area contributed by atoms with Crippen LogP contribution in [0.25, 0.3) is 0 Å². The van der Waals surface area contributed by atoms with Gasteiger partial charge in [0.2, 0.25) is 5.91 Å². The van der Waals surface area contributed by atoms with Gasteiger partial charge in [0.1, 0.15) is 17.6 Å². The number of piperazine rings is 1. The van der Waals surface area contributed by atoms with Crippen molar-refractivity contribution in [1.82, 2.24) is 25.0 Å². The van der Waals surface area contributed by atoms with Gasteiger partial charge in [-0.25, -0.2) is 13.8 Å². The van der Waals surface area contributed by atoms with E-state index in [4.69, 9.17) is 4.74 Å². The fourth-order valence-electron chi connectivity index (χ4n) is 5.82. The summed E-state index contributed by atoms with van der Waals surface area (Å²) in [4.78, 5) is 21.6. The van der Waals surface area contributed by atoms with Crippen molar-refractivity contribution in [2.75, 3.05) is 69.4 Å². The van der Waals surface area contributed by atoms with Crippen LogP contribution in [-0.2, 0) is 22.5 Å². The summed E-state index contributed by atoms with van der Waals surface area (Å²) >= 11 is 0. The summed E-state index contributed by atoms with van der Waals surface area (Å²) < 4.78 is 45.9. The Hall–Kier alpha value is -3.12. The van der Waals surface area contributed by atoms with E-state index in [2.05, 4.69) is 66.4 Å². The normalized spacial score (nSPS) is 15.4. The van der Waals surface area contributed by atoms with E-state index in [1.807, 2.05) is 37.7 Å². The van der Waals surface area contributed by atoms with E-state index < -0.39 is 6.43 Å². The molecule has 4 rings (SSSR count). The number of pyridine rings is 1. The fourth-order valence-corrected chi connectivity index (χ4v) is 5.82. The monoisotopic (exact) mass is 667 g/mol. The van der Waals surface area contributed by atoms with E-state index in [1.54, 1.807) is 4.90 Å². The maximum Gasteiger partial charge on any atom is 0.280 e. The number of carbonyl (C=O) groups is 1. The van der Waals surface area contributed by atoms with Gasteiger partial charge in [-0.15, -0.1) is 0 Å². The molecule has 47 heavy (non-hydrogen) atoms. The van der Waals surface area contributed by atoms with Crippen LogP contribution in [0.5, 0.6) is 0 Å². The molecule has 0 radical (unpaired) electrons. The van der Waals surface area contributed by atoms with Crippen LogP contribution in [0, 0.1) is 6.92 Å². The van der Waals surface area contributed by atoms with Crippen molar-refractivity contribution in [3.05, 3.63) is 47.4 Å². The molecule has 4 heterocycles. The molecule has 2 aromatic rings. The SMILES string of the molecule is C=CC(=O)N1CCNCC1.CC.CCCc1c(N(CC)CC)cc(N(CCC2OCCn3ncc(C)c32)C(C)C)nc1C(F)F.CF. The number of hydrogen-bond donors (Lipinski definition) is 1. The van der Waals surface area contributed by atoms with Crippen molar-refractivity contribution >= 4 is 17.4 Å². The highest BCUT2D eigenvalue weighted by molar-refractivity contribution is 5.87. The molecular formula is C35H60F3N7O2. The zero-order chi connectivity index (χ0) is 35.5. The molecule has 9 nitrogen and oxygen atoms in total. The Kier molecular flexibility index (Phi) is 20.0. The van der Waals surface area contributed by atoms with E-state index >= 15 is 0 Å². The van der Waals surface area contributed by atoms with Crippen LogP contribution in [0.2, 0.25) is 0 Å². The Labute approximate surface area is 281 Å². The number of aryl methyl sites for hydroxylation is 1. The van der Waals surface area contributed by atoms with E-state index in [1.165, 1.54) is 6.08 Å². The average molecular weight is 668 g/mol. The molecule has 1 unspecified atom stereocenters. The van der Waals surface area contributed by atoms with Gasteiger partial charge < -0.3 is 24.8 Å². The smallest absolute Gasteiger partial charge is 0.280 e. The number of ether oxygens (including phenoxy) is 1. The number of halogens is 3. The van der Waals surface area contributed by atoms with Gasteiger partial charge >= 0.3 is 0 Å². The minimum absolute atomic E-state index is 0.0431. The second-order valence-electron chi connectivity index (χ2n) is 11.2. The summed E-state index contributed by atoms with van der Waals surface area (Å²) in [6, 6.07) is 2.13. The van der Waals surface area contributed by atoms with Gasteiger partial charge in [-0.05, 0) is 59.1 Å². The van der Waals surface area contributed by atoms with Crippen LogP contribution in [-0.4, -0.2) is 91.2 Å². The molecule has 1 saturated heterocycles. The lowest BCUT2D eigenvalue weighted by Crippen LogP contribution is -2.45. The van der Waals surface area contributed by atoms with Gasteiger partial charge in [-0.2, -0.15) is 5.10 Å². The standard InChI is InChI=1S/C25H39F2N5O.C7H12N2O.C2H6.CH3F/c1-7-10-19-20(30(8-2)9-3)15-22(29-23(19)25(26)27)31(17(4)5)12-11-21-24-18(6)16-28-32(24)13-14-33-21;1-2-7(10)9-5-3-8-4-6-9;2*1-2/h15-17,21,25H,7-14H2,1-6H3;2,8H,1,3-6H2;1-2H3;1H3. The third-order valence-electron chi connectivity index (χ3n) is 8.08. The van der Waals surface area contributed by atoms with E-state index in [9.17, 15) is 18.0 Å². The minimum Gasteiger partial charge on any atom is -0.372 e. The number of rotatable bonds is 12. The third kappa shape index (κ3) is 11.8. The molecule has 0 saturated carbocycles. The fraction of sp³-hybridized carbons (Fsp3) is 0.686. The van der Waals surface area contributed by atoms with Crippen LogP contribution < -0.4 is 15.1 Å². The van der Waals surface area contributed by atoms with Crippen LogP contribution in [0.15, 0.2) is 24.9 Å². The van der Waals surface area contributed by atoms with E-state index in [0.29, 0.717) is 38.1 Å². The van der Waals surface area contributed by atoms with Crippen molar-refractivity contribution in [2.24, 2.45) is 0 Å². The average Bonchev–Trinajstić information content (AvgIpc) is 3.49. The lowest BCUT2D eigenvalue weighted by atomic mass is 10.0. The summed E-state index contributed by atoms with van der Waals surface area (Å²) in [6.07, 6.45) is 2.73. The van der Waals surface area contributed by atoms with Crippen LogP contribution in [0.4, 0.5) is 24.7 Å². The molecule has 1 N–H and O–H groups in total. The molecule has 2 aromatic heterocycles. The molecule has 0 aromatic carbocycles. The molecule has 0 spiro atoms. The molecule has 2 aliphatic rings. The van der Waals surface area contributed by atoms with Gasteiger partial charge in [0.15, 0.2) is 0 Å². The molecule has 12 heteroatoms. The largest absolute Gasteiger partial charge is 0.372 e. The topological polar surface area (TPSA) is 78.8 Å². The molecule has 1 fully saturated rings. The zero-order valence-electron chi connectivity index (χ0n) is 30.3. The molecule has 1 atom stereocenters. The van der Waals surface area contributed by atoms with E-state index in [0.717, 1.165) is 75.6 Å². The second kappa shape index (κ2) is 22.4. The number of carbonyl (C=O) groups excluding carboxylic acids is 1. The van der Waals surface area contributed by atoms with Crippen molar-refractivity contribution < 1.29 is 22.7 Å². The van der Waals surface area contributed by atoms with Gasteiger partial charge in [-0.1, -0.05) is 33.8 Å². The lowest BCUT2D eigenvalue weighted by molar-refractivity contribution is -0.126. The summed E-state index contributed by atoms with van der Waals surface area (Å²) in [5.74, 6) is 0.657. The number of alkyl halides is 3. The number of aromatic nitrogens is 3. The summed E-state index contributed by atoms with van der Waals surface area (Å²) in [6.45, 7) is 26.8. The first-order valence-corrected chi connectivity index (χ1v) is 17.1. The first-order chi connectivity index (χ1) is 22.7. The maximum atomic E-state index is 14.2. The zero-order valence-corrected chi connectivity index (χ0v) is 30.3. The highest BCUT2D eigenvalue weighted by atomic mass is 19.3. The number of amides is 1. The number of nitrogens with one attached hydrogen (secondary N) is 1. The van der Waals surface area contributed by atoms with E-state index in [-0.39, 0.29) is 23.7 Å². The van der Waals surface area contributed by atoms with Crippen molar-refractivity contribution in [1.29, 1.82) is 0 Å².